The van der Waals surface area contributed by atoms with E-state index in [0.29, 0.717) is 11.7 Å². The van der Waals surface area contributed by atoms with E-state index in [-0.39, 0.29) is 6.04 Å². The van der Waals surface area contributed by atoms with E-state index in [1.165, 1.54) is 0 Å². The predicted octanol–water partition coefficient (Wildman–Crippen LogP) is 1.79. The van der Waals surface area contributed by atoms with Crippen LogP contribution in [-0.2, 0) is 0 Å². The Bertz CT molecular complexity index is 324. The number of pyridine rings is 1. The minimum atomic E-state index is 0.179. The van der Waals surface area contributed by atoms with Gasteiger partial charge in [-0.1, -0.05) is 6.08 Å². The van der Waals surface area contributed by atoms with Crippen LogP contribution >= 0.6 is 12.2 Å². The molecule has 0 aliphatic heterocycles. The Kier molecular flexibility index (Phi) is 4.77. The molecule has 0 radical (unpaired) electrons. The Hall–Kier alpha value is -1.42. The summed E-state index contributed by atoms with van der Waals surface area (Å²) in [6, 6.07) is 4.11. The van der Waals surface area contributed by atoms with Crippen LogP contribution in [0.5, 0.6) is 0 Å². The van der Waals surface area contributed by atoms with Crippen molar-refractivity contribution in [1.29, 1.82) is 0 Å². The Morgan fingerprint density at radius 2 is 2.27 bits per heavy atom. The van der Waals surface area contributed by atoms with Gasteiger partial charge in [0.2, 0.25) is 0 Å². The van der Waals surface area contributed by atoms with Gasteiger partial charge in [0.15, 0.2) is 5.11 Å². The molecule has 1 atom stereocenters. The lowest BCUT2D eigenvalue weighted by molar-refractivity contribution is 0.704. The van der Waals surface area contributed by atoms with E-state index < -0.39 is 0 Å². The van der Waals surface area contributed by atoms with E-state index in [1.807, 2.05) is 12.1 Å². The van der Waals surface area contributed by atoms with Crippen molar-refractivity contribution in [3.8, 4) is 0 Å². The Balaban J connectivity index is 2.45. The third kappa shape index (κ3) is 4.08. The average Bonchev–Trinajstić information content (AvgIpc) is 2.27. The Morgan fingerprint density at radius 1 is 1.60 bits per heavy atom. The molecule has 3 nitrogen and oxygen atoms in total. The van der Waals surface area contributed by atoms with Crippen LogP contribution in [0.1, 0.15) is 18.5 Å². The van der Waals surface area contributed by atoms with Crippen LogP contribution in [0.2, 0.25) is 0 Å². The molecule has 0 aliphatic carbocycles. The van der Waals surface area contributed by atoms with Gasteiger partial charge >= 0.3 is 0 Å². The van der Waals surface area contributed by atoms with Gasteiger partial charge in [0.25, 0.3) is 0 Å². The van der Waals surface area contributed by atoms with Gasteiger partial charge in [-0.2, -0.15) is 0 Å². The van der Waals surface area contributed by atoms with Gasteiger partial charge in [-0.05, 0) is 36.8 Å². The first kappa shape index (κ1) is 11.7. The lowest BCUT2D eigenvalue weighted by atomic mass is 10.1. The van der Waals surface area contributed by atoms with E-state index in [4.69, 9.17) is 12.2 Å². The molecular formula is C11H15N3S. The molecule has 2 N–H and O–H groups in total. The monoisotopic (exact) mass is 221 g/mol. The lowest BCUT2D eigenvalue weighted by Gasteiger charge is -2.16. The molecule has 1 unspecified atom stereocenters. The summed E-state index contributed by atoms with van der Waals surface area (Å²) >= 11 is 5.11. The standard InChI is InChI=1S/C11H15N3S/c1-3-6-13-11(15)14-9(2)10-4-7-12-8-5-10/h3-5,7-9H,1,6H2,2H3,(H2,13,14,15). The quantitative estimate of drug-likeness (QED) is 0.600. The van der Waals surface area contributed by atoms with E-state index >= 15 is 0 Å². The van der Waals surface area contributed by atoms with Crippen molar-refractivity contribution in [2.45, 2.75) is 13.0 Å². The Morgan fingerprint density at radius 3 is 2.87 bits per heavy atom. The van der Waals surface area contributed by atoms with Crippen molar-refractivity contribution in [3.63, 3.8) is 0 Å². The van der Waals surface area contributed by atoms with Gasteiger partial charge in [0.05, 0.1) is 6.04 Å². The summed E-state index contributed by atoms with van der Waals surface area (Å²) in [4.78, 5) is 3.97. The number of nitrogens with zero attached hydrogens (tertiary/aromatic N) is 1. The van der Waals surface area contributed by atoms with Gasteiger partial charge in [0, 0.05) is 18.9 Å². The van der Waals surface area contributed by atoms with E-state index in [1.54, 1.807) is 18.5 Å². The number of nitrogens with one attached hydrogen (secondary N) is 2. The van der Waals surface area contributed by atoms with Gasteiger partial charge in [0.1, 0.15) is 0 Å². The molecule has 0 aromatic carbocycles. The minimum Gasteiger partial charge on any atom is -0.359 e. The Labute approximate surface area is 95.6 Å². The summed E-state index contributed by atoms with van der Waals surface area (Å²) in [5.74, 6) is 0. The maximum atomic E-state index is 5.11. The molecule has 0 fully saturated rings. The number of hydrogen-bond donors (Lipinski definition) is 2. The highest BCUT2D eigenvalue weighted by atomic mass is 32.1. The summed E-state index contributed by atoms with van der Waals surface area (Å²) in [5.41, 5.74) is 1.16. The highest BCUT2D eigenvalue weighted by molar-refractivity contribution is 7.80. The molecule has 0 saturated heterocycles. The van der Waals surface area contributed by atoms with Crippen LogP contribution < -0.4 is 10.6 Å². The summed E-state index contributed by atoms with van der Waals surface area (Å²) in [7, 11) is 0. The van der Waals surface area contributed by atoms with Crippen molar-refractivity contribution < 1.29 is 0 Å². The first-order chi connectivity index (χ1) is 7.24. The molecule has 0 spiro atoms. The first-order valence-electron chi connectivity index (χ1n) is 4.79. The van der Waals surface area contributed by atoms with Crippen molar-refractivity contribution in [2.24, 2.45) is 0 Å². The van der Waals surface area contributed by atoms with Crippen LogP contribution in [0.3, 0.4) is 0 Å². The zero-order valence-corrected chi connectivity index (χ0v) is 9.55. The molecule has 0 amide bonds. The lowest BCUT2D eigenvalue weighted by Crippen LogP contribution is -2.36. The van der Waals surface area contributed by atoms with Crippen LogP contribution in [0.4, 0.5) is 0 Å². The molecule has 80 valence electrons. The molecule has 15 heavy (non-hydrogen) atoms. The normalized spacial score (nSPS) is 11.5. The second kappa shape index (κ2) is 6.14. The topological polar surface area (TPSA) is 37.0 Å². The maximum Gasteiger partial charge on any atom is 0.167 e. The molecule has 1 heterocycles. The third-order valence-corrected chi connectivity index (χ3v) is 2.22. The molecular weight excluding hydrogens is 206 g/mol. The zero-order valence-electron chi connectivity index (χ0n) is 8.73. The van der Waals surface area contributed by atoms with E-state index in [2.05, 4.69) is 29.1 Å². The summed E-state index contributed by atoms with van der Waals surface area (Å²) < 4.78 is 0. The fourth-order valence-corrected chi connectivity index (χ4v) is 1.41. The smallest absolute Gasteiger partial charge is 0.167 e. The average molecular weight is 221 g/mol. The second-order valence-corrected chi connectivity index (χ2v) is 3.55. The first-order valence-corrected chi connectivity index (χ1v) is 5.20. The minimum absolute atomic E-state index is 0.179. The molecule has 1 aromatic rings. The van der Waals surface area contributed by atoms with E-state index in [9.17, 15) is 0 Å². The number of thiocarbonyl (C=S) groups is 1. The fourth-order valence-electron chi connectivity index (χ4n) is 1.15. The van der Waals surface area contributed by atoms with Crippen molar-refractivity contribution in [2.75, 3.05) is 6.54 Å². The molecule has 0 bridgehead atoms. The molecule has 4 heteroatoms. The van der Waals surface area contributed by atoms with Gasteiger partial charge in [-0.25, -0.2) is 0 Å². The number of rotatable bonds is 4. The third-order valence-electron chi connectivity index (χ3n) is 1.96. The highest BCUT2D eigenvalue weighted by Gasteiger charge is 2.05. The van der Waals surface area contributed by atoms with Crippen LogP contribution in [-0.4, -0.2) is 16.6 Å². The van der Waals surface area contributed by atoms with E-state index in [0.717, 1.165) is 5.56 Å². The molecule has 1 aromatic heterocycles. The van der Waals surface area contributed by atoms with Crippen LogP contribution in [0.25, 0.3) is 0 Å². The SMILES string of the molecule is C=CCNC(=S)NC(C)c1ccncc1. The van der Waals surface area contributed by atoms with Gasteiger partial charge in [-0.15, -0.1) is 6.58 Å². The number of aromatic nitrogens is 1. The summed E-state index contributed by atoms with van der Waals surface area (Å²) in [6.45, 7) is 6.34. The number of hydrogen-bond acceptors (Lipinski definition) is 2. The largest absolute Gasteiger partial charge is 0.359 e. The van der Waals surface area contributed by atoms with Crippen molar-refractivity contribution in [1.82, 2.24) is 15.6 Å². The summed E-state index contributed by atoms with van der Waals surface area (Å²) in [6.07, 6.45) is 5.31. The van der Waals surface area contributed by atoms with Crippen LogP contribution in [0, 0.1) is 0 Å². The second-order valence-electron chi connectivity index (χ2n) is 3.15. The zero-order chi connectivity index (χ0) is 11.1. The van der Waals surface area contributed by atoms with Crippen LogP contribution in [0.15, 0.2) is 37.2 Å². The van der Waals surface area contributed by atoms with Crippen molar-refractivity contribution in [3.05, 3.63) is 42.7 Å². The molecule has 1 rings (SSSR count). The molecule has 0 saturated carbocycles. The predicted molar refractivity (Wildman–Crippen MR) is 66.6 cm³/mol. The molecule has 0 aliphatic rings. The van der Waals surface area contributed by atoms with Gasteiger partial charge in [-0.3, -0.25) is 4.98 Å². The van der Waals surface area contributed by atoms with Gasteiger partial charge < -0.3 is 10.6 Å². The highest BCUT2D eigenvalue weighted by Crippen LogP contribution is 2.09. The maximum absolute atomic E-state index is 5.11. The fraction of sp³-hybridized carbons (Fsp3) is 0.273. The van der Waals surface area contributed by atoms with Crippen molar-refractivity contribution >= 4 is 17.3 Å². The summed E-state index contributed by atoms with van der Waals surface area (Å²) in [5, 5.41) is 6.83.